The Balaban J connectivity index is 1.36. The van der Waals surface area contributed by atoms with Crippen molar-refractivity contribution in [3.05, 3.63) is 71.7 Å². The number of carbonyl (C=O) groups excluding carboxylic acids is 1. The summed E-state index contributed by atoms with van der Waals surface area (Å²) in [4.78, 5) is 16.8. The first kappa shape index (κ1) is 24.0. The molecule has 35 heavy (non-hydrogen) atoms. The van der Waals surface area contributed by atoms with Gasteiger partial charge in [0.2, 0.25) is 17.6 Å². The number of amides is 1. The van der Waals surface area contributed by atoms with Crippen LogP contribution in [0.15, 0.2) is 59.1 Å². The first-order valence-corrected chi connectivity index (χ1v) is 10.7. The lowest BCUT2D eigenvalue weighted by Gasteiger charge is -2.11. The molecular weight excluding hydrogens is 463 g/mol. The highest BCUT2D eigenvalue weighted by Crippen LogP contribution is 2.31. The zero-order chi connectivity index (χ0) is 25.0. The normalized spacial score (nSPS) is 11.5. The smallest absolute Gasteiger partial charge is 0.416 e. The summed E-state index contributed by atoms with van der Waals surface area (Å²) in [5.74, 6) is 1.52. The maximum atomic E-state index is 13.1. The van der Waals surface area contributed by atoms with Crippen LogP contribution in [0, 0.1) is 6.92 Å². The van der Waals surface area contributed by atoms with E-state index in [0.29, 0.717) is 36.0 Å². The number of hydrogen-bond acceptors (Lipinski definition) is 6. The number of carbonyl (C=O) groups is 1. The second-order valence-corrected chi connectivity index (χ2v) is 7.77. The van der Waals surface area contributed by atoms with E-state index in [0.717, 1.165) is 17.7 Å². The summed E-state index contributed by atoms with van der Waals surface area (Å²) in [5, 5.41) is 10.9. The summed E-state index contributed by atoms with van der Waals surface area (Å²) in [7, 11) is 1.58. The average Bonchev–Trinajstić information content (AvgIpc) is 3.45. The number of rotatable bonds is 8. The van der Waals surface area contributed by atoms with Crippen LogP contribution >= 0.6 is 0 Å². The number of methoxy groups -OCH3 is 1. The van der Waals surface area contributed by atoms with E-state index in [1.165, 1.54) is 16.8 Å². The van der Waals surface area contributed by atoms with E-state index in [2.05, 4.69) is 20.6 Å². The predicted molar refractivity (Wildman–Crippen MR) is 121 cm³/mol. The fourth-order valence-electron chi connectivity index (χ4n) is 3.42. The number of aromatic nitrogens is 4. The number of aryl methyl sites for hydroxylation is 2. The maximum absolute atomic E-state index is 13.1. The van der Waals surface area contributed by atoms with E-state index in [-0.39, 0.29) is 23.8 Å². The van der Waals surface area contributed by atoms with Gasteiger partial charge in [-0.25, -0.2) is 4.68 Å². The highest BCUT2D eigenvalue weighted by atomic mass is 19.4. The minimum absolute atomic E-state index is 0.146. The molecule has 4 aromatic rings. The summed E-state index contributed by atoms with van der Waals surface area (Å²) in [6.07, 6.45) is -3.51. The molecule has 0 atom stereocenters. The predicted octanol–water partition coefficient (Wildman–Crippen LogP) is 5.22. The van der Waals surface area contributed by atoms with Gasteiger partial charge in [-0.15, -0.1) is 0 Å². The van der Waals surface area contributed by atoms with E-state index in [1.807, 2.05) is 12.1 Å². The van der Waals surface area contributed by atoms with Gasteiger partial charge in [-0.3, -0.25) is 4.79 Å². The third-order valence-electron chi connectivity index (χ3n) is 5.13. The molecule has 2 heterocycles. The van der Waals surface area contributed by atoms with E-state index in [9.17, 15) is 18.0 Å². The molecule has 0 unspecified atom stereocenters. The molecule has 0 bridgehead atoms. The van der Waals surface area contributed by atoms with E-state index < -0.39 is 11.7 Å². The first-order chi connectivity index (χ1) is 16.7. The summed E-state index contributed by atoms with van der Waals surface area (Å²) in [6.45, 7) is 1.69. The molecule has 0 fully saturated rings. The van der Waals surface area contributed by atoms with Crippen molar-refractivity contribution in [2.45, 2.75) is 32.4 Å². The Labute approximate surface area is 198 Å². The van der Waals surface area contributed by atoms with Crippen LogP contribution in [0.25, 0.3) is 17.1 Å². The molecule has 0 aliphatic rings. The lowest BCUT2D eigenvalue weighted by molar-refractivity contribution is -0.137. The van der Waals surface area contributed by atoms with Gasteiger partial charge in [0.25, 0.3) is 0 Å². The quantitative estimate of drug-likeness (QED) is 0.368. The lowest BCUT2D eigenvalue weighted by Crippen LogP contribution is -2.15. The van der Waals surface area contributed by atoms with Crippen molar-refractivity contribution in [3.63, 3.8) is 0 Å². The van der Waals surface area contributed by atoms with Crippen molar-refractivity contribution < 1.29 is 27.2 Å². The lowest BCUT2D eigenvalue weighted by atomic mass is 10.2. The minimum Gasteiger partial charge on any atom is -0.497 e. The molecular formula is C24H22F3N5O3. The number of hydrogen-bond donors (Lipinski definition) is 1. The Morgan fingerprint density at radius 2 is 1.91 bits per heavy atom. The monoisotopic (exact) mass is 485 g/mol. The van der Waals surface area contributed by atoms with Crippen LogP contribution in [0.4, 0.5) is 19.0 Å². The van der Waals surface area contributed by atoms with Crippen LogP contribution in [-0.4, -0.2) is 32.9 Å². The van der Waals surface area contributed by atoms with Crippen molar-refractivity contribution in [2.75, 3.05) is 12.4 Å². The zero-order valence-corrected chi connectivity index (χ0v) is 19.0. The Bertz CT molecular complexity index is 1310. The molecule has 2 aromatic carbocycles. The topological polar surface area (TPSA) is 95.1 Å². The molecule has 4 rings (SSSR count). The van der Waals surface area contributed by atoms with Crippen LogP contribution in [-0.2, 0) is 17.4 Å². The molecule has 0 saturated carbocycles. The molecule has 0 radical (unpaired) electrons. The highest BCUT2D eigenvalue weighted by Gasteiger charge is 2.30. The van der Waals surface area contributed by atoms with Crippen molar-refractivity contribution in [1.82, 2.24) is 19.9 Å². The third-order valence-corrected chi connectivity index (χ3v) is 5.13. The van der Waals surface area contributed by atoms with Crippen molar-refractivity contribution in [1.29, 1.82) is 0 Å². The Morgan fingerprint density at radius 3 is 2.63 bits per heavy atom. The molecule has 2 aromatic heterocycles. The van der Waals surface area contributed by atoms with Crippen molar-refractivity contribution in [2.24, 2.45) is 0 Å². The number of nitrogens with zero attached hydrogens (tertiary/aromatic N) is 4. The van der Waals surface area contributed by atoms with Gasteiger partial charge in [-0.05, 0) is 55.8 Å². The van der Waals surface area contributed by atoms with Gasteiger partial charge in [0.05, 0.1) is 24.1 Å². The fraction of sp³-hybridized carbons (Fsp3) is 0.250. The number of benzene rings is 2. The van der Waals surface area contributed by atoms with E-state index in [4.69, 9.17) is 9.26 Å². The second-order valence-electron chi connectivity index (χ2n) is 7.77. The van der Waals surface area contributed by atoms with Crippen molar-refractivity contribution >= 4 is 11.7 Å². The van der Waals surface area contributed by atoms with Gasteiger partial charge in [-0.2, -0.15) is 23.3 Å². The molecule has 1 N–H and O–H groups in total. The largest absolute Gasteiger partial charge is 0.497 e. The van der Waals surface area contributed by atoms with Crippen LogP contribution in [0.1, 0.15) is 30.0 Å². The van der Waals surface area contributed by atoms with Gasteiger partial charge in [0, 0.05) is 24.5 Å². The van der Waals surface area contributed by atoms with Gasteiger partial charge in [0.15, 0.2) is 0 Å². The zero-order valence-electron chi connectivity index (χ0n) is 19.0. The van der Waals surface area contributed by atoms with Gasteiger partial charge in [0.1, 0.15) is 11.6 Å². The van der Waals surface area contributed by atoms with Crippen LogP contribution in [0.2, 0.25) is 0 Å². The SMILES string of the molecule is COc1ccc(-c2noc(CCCC(=O)Nc3cc(C)nn3-c3cccc(C(F)(F)F)c3)n2)cc1. The van der Waals surface area contributed by atoms with Gasteiger partial charge < -0.3 is 14.6 Å². The van der Waals surface area contributed by atoms with Crippen molar-refractivity contribution in [3.8, 4) is 22.8 Å². The molecule has 11 heteroatoms. The number of ether oxygens (including phenoxy) is 1. The van der Waals surface area contributed by atoms with Crippen LogP contribution in [0.5, 0.6) is 5.75 Å². The minimum atomic E-state index is -4.48. The highest BCUT2D eigenvalue weighted by molar-refractivity contribution is 5.90. The van der Waals surface area contributed by atoms with E-state index >= 15 is 0 Å². The third kappa shape index (κ3) is 5.86. The fourth-order valence-corrected chi connectivity index (χ4v) is 3.42. The molecule has 0 aliphatic heterocycles. The summed E-state index contributed by atoms with van der Waals surface area (Å²) >= 11 is 0. The first-order valence-electron chi connectivity index (χ1n) is 10.7. The Morgan fingerprint density at radius 1 is 1.14 bits per heavy atom. The van der Waals surface area contributed by atoms with Gasteiger partial charge in [-0.1, -0.05) is 11.2 Å². The summed E-state index contributed by atoms with van der Waals surface area (Å²) in [6, 6.07) is 13.6. The number of halogens is 3. The number of anilines is 1. The summed E-state index contributed by atoms with van der Waals surface area (Å²) < 4.78 is 50.9. The maximum Gasteiger partial charge on any atom is 0.416 e. The molecule has 0 spiro atoms. The van der Waals surface area contributed by atoms with Gasteiger partial charge >= 0.3 is 6.18 Å². The second kappa shape index (κ2) is 10.00. The number of alkyl halides is 3. The number of nitrogens with one attached hydrogen (secondary N) is 1. The molecule has 0 saturated heterocycles. The van der Waals surface area contributed by atoms with Crippen LogP contribution in [0.3, 0.4) is 0 Å². The molecule has 1 amide bonds. The van der Waals surface area contributed by atoms with Crippen LogP contribution < -0.4 is 10.1 Å². The Kier molecular flexibility index (Phi) is 6.85. The molecule has 182 valence electrons. The Hall–Kier alpha value is -4.15. The standard InChI is InChI=1S/C24H22F3N5O3/c1-15-13-20(32(30-15)18-6-3-5-17(14-18)24(25,26)27)28-21(33)7-4-8-22-29-23(31-35-22)16-9-11-19(34-2)12-10-16/h3,5-6,9-14H,4,7-8H2,1-2H3,(H,28,33). The molecule has 8 nitrogen and oxygen atoms in total. The summed E-state index contributed by atoms with van der Waals surface area (Å²) in [5.41, 5.74) is 0.723. The molecule has 0 aliphatic carbocycles. The van der Waals surface area contributed by atoms with E-state index in [1.54, 1.807) is 32.2 Å². The average molecular weight is 485 g/mol.